The van der Waals surface area contributed by atoms with Crippen molar-refractivity contribution < 1.29 is 189 Å². The second kappa shape index (κ2) is 18.2. The number of aliphatic imine (C=N–C) groups is 1. The fourth-order valence-corrected chi connectivity index (χ4v) is 5.37. The topological polar surface area (TPSA) is 283 Å². The molecule has 0 aromatic carbocycles. The number of amidine groups is 1. The van der Waals surface area contributed by atoms with Crippen LogP contribution in [0.2, 0.25) is 0 Å². The Labute approximate surface area is 297 Å². The minimum atomic E-state index is -6.19. The Morgan fingerprint density at radius 3 is 2.16 bits per heavy atom. The van der Waals surface area contributed by atoms with Crippen molar-refractivity contribution >= 4 is 41.2 Å². The summed E-state index contributed by atoms with van der Waals surface area (Å²) >= 11 is 0. The maximum atomic E-state index is 11.6. The third kappa shape index (κ3) is 14.4. The van der Waals surface area contributed by atoms with E-state index in [1.165, 1.54) is 18.9 Å². The number of hydrogen-bond donors (Lipinski definition) is 3. The normalized spacial score (nSPS) is 26.0. The molecule has 37 heavy (non-hydrogen) atoms. The van der Waals surface area contributed by atoms with E-state index in [-0.39, 0.29) is 124 Å². The van der Waals surface area contributed by atoms with E-state index in [2.05, 4.69) is 23.5 Å². The standard InChI is InChI=1S/C12H18N3O15P3.4Na/c1-6(17)13-8-2-3-15(9(4-16)14-8)12-11(19)10(18)7(28-12)5-27-32(23,24)30-33(25,26)29-31(20,21)22;;;;/h2-3,7,10-12,18-19H,5H2,1H3,(H,23,24)(H,25,26)(H,13,14,17)(H2,20,21,22);;;;/q;4*+1/p-4/t7-,10-,11-,12-;;;;/m1..../s1. The Morgan fingerprint density at radius 2 is 1.68 bits per heavy atom. The summed E-state index contributed by atoms with van der Waals surface area (Å²) < 4.78 is 48.8. The summed E-state index contributed by atoms with van der Waals surface area (Å²) in [6.07, 6.45) is -4.52. The Kier molecular flexibility index (Phi) is 21.5. The number of phosphoric ester groups is 1. The van der Waals surface area contributed by atoms with Gasteiger partial charge >= 0.3 is 118 Å². The number of carbonyl (C=O) groups is 1. The number of carbonyl (C=O) groups excluding carboxylic acids is 2. The molecule has 6 atom stereocenters. The van der Waals surface area contributed by atoms with Crippen LogP contribution in [0.25, 0.3) is 0 Å². The second-order valence-corrected chi connectivity index (χ2v) is 10.4. The van der Waals surface area contributed by atoms with Crippen LogP contribution in [0.4, 0.5) is 0 Å². The first-order valence-electron chi connectivity index (χ1n) is 8.34. The fourth-order valence-electron chi connectivity index (χ4n) is 2.51. The number of nitrogens with one attached hydrogen (secondary N) is 1. The fraction of sp³-hybridized carbons (Fsp3) is 0.500. The average Bonchev–Trinajstić information content (AvgIpc) is 2.91. The molecule has 3 N–H and O–H groups in total. The molecule has 0 aliphatic carbocycles. The van der Waals surface area contributed by atoms with Crippen molar-refractivity contribution in [3.05, 3.63) is 18.1 Å². The van der Waals surface area contributed by atoms with Gasteiger partial charge in [0.1, 0.15) is 24.1 Å². The van der Waals surface area contributed by atoms with Crippen molar-refractivity contribution in [2.75, 3.05) is 6.61 Å². The van der Waals surface area contributed by atoms with E-state index in [0.717, 1.165) is 11.1 Å². The first-order valence-corrected chi connectivity index (χ1v) is 12.7. The largest absolute Gasteiger partial charge is 1.00 e. The molecule has 2 aliphatic heterocycles. The minimum Gasteiger partial charge on any atom is -0.790 e. The summed E-state index contributed by atoms with van der Waals surface area (Å²) in [5.74, 6) is 0.353. The summed E-state index contributed by atoms with van der Waals surface area (Å²) in [4.78, 5) is 70.3. The maximum Gasteiger partial charge on any atom is 1.00 e. The Bertz CT molecular complexity index is 1050. The molecule has 2 heterocycles. The molecule has 2 aliphatic rings. The van der Waals surface area contributed by atoms with E-state index < -0.39 is 66.3 Å². The molecule has 186 valence electrons. The summed E-state index contributed by atoms with van der Waals surface area (Å²) in [5, 5.41) is 22.5. The summed E-state index contributed by atoms with van der Waals surface area (Å²) in [6.45, 7) is 0.00807. The van der Waals surface area contributed by atoms with Crippen LogP contribution >= 0.6 is 23.5 Å². The number of ether oxygens (including phenoxy) is 1. The van der Waals surface area contributed by atoms with Crippen molar-refractivity contribution in [3.63, 3.8) is 0 Å². The van der Waals surface area contributed by atoms with Crippen molar-refractivity contribution in [1.29, 1.82) is 0 Å². The van der Waals surface area contributed by atoms with Crippen LogP contribution in [0.15, 0.2) is 23.1 Å². The second-order valence-electron chi connectivity index (χ2n) is 6.17. The van der Waals surface area contributed by atoms with Crippen LogP contribution < -0.4 is 143 Å². The van der Waals surface area contributed by atoms with Crippen LogP contribution in [0.3, 0.4) is 0 Å². The van der Waals surface area contributed by atoms with Crippen LogP contribution in [-0.2, 0) is 41.2 Å². The molecule has 25 heteroatoms. The van der Waals surface area contributed by atoms with Crippen molar-refractivity contribution in [2.45, 2.75) is 31.5 Å². The predicted molar refractivity (Wildman–Crippen MR) is 93.1 cm³/mol. The van der Waals surface area contributed by atoms with Crippen LogP contribution in [0.1, 0.15) is 6.92 Å². The van der Waals surface area contributed by atoms with Gasteiger partial charge in [-0.2, -0.15) is 0 Å². The first-order chi connectivity index (χ1) is 15.0. The number of aliphatic hydroxyl groups excluding tert-OH is 2. The molecule has 2 rings (SSSR count). The van der Waals surface area contributed by atoms with Gasteiger partial charge in [0, 0.05) is 13.1 Å². The van der Waals surface area contributed by atoms with Gasteiger partial charge in [-0.3, -0.25) is 23.1 Å². The number of rotatable bonds is 8. The van der Waals surface area contributed by atoms with Gasteiger partial charge < -0.3 is 48.9 Å². The Balaban J connectivity index is -0.00000289. The maximum absolute atomic E-state index is 11.6. The molecule has 0 aromatic heterocycles. The van der Waals surface area contributed by atoms with E-state index in [4.69, 9.17) is 4.74 Å². The molecule has 2 unspecified atom stereocenters. The SMILES string of the molecule is CC(=O)NC1=NC(=C=O)N([C@@H]2O[C@H](COP(=O)([O-])OP(=O)([O-])OP(=O)([O-])[O-])[C@@H](O)[C@H]2O)C=C1.[Na+].[Na+].[Na+].[Na+]. The van der Waals surface area contributed by atoms with Gasteiger partial charge in [-0.15, -0.1) is 0 Å². The zero-order valence-corrected chi connectivity index (χ0v) is 30.8. The van der Waals surface area contributed by atoms with E-state index >= 15 is 0 Å². The van der Waals surface area contributed by atoms with Gasteiger partial charge in [-0.1, -0.05) is 0 Å². The summed E-state index contributed by atoms with van der Waals surface area (Å²) in [6, 6.07) is 0. The van der Waals surface area contributed by atoms with Gasteiger partial charge in [0.15, 0.2) is 12.2 Å². The molecule has 1 fully saturated rings. The Morgan fingerprint density at radius 1 is 1.11 bits per heavy atom. The molecular weight excluding hydrogens is 611 g/mol. The Hall–Kier alpha value is 2.42. The van der Waals surface area contributed by atoms with Crippen LogP contribution in [-0.4, -0.2) is 63.9 Å². The third-order valence-corrected chi connectivity index (χ3v) is 7.33. The van der Waals surface area contributed by atoms with E-state index in [1.807, 2.05) is 0 Å². The van der Waals surface area contributed by atoms with Gasteiger partial charge in [0.2, 0.25) is 11.7 Å². The van der Waals surface area contributed by atoms with Gasteiger partial charge in [0.05, 0.1) is 14.4 Å². The molecule has 0 bridgehead atoms. The minimum absolute atomic E-state index is 0. The summed E-state index contributed by atoms with van der Waals surface area (Å²) in [5.41, 5.74) is 0. The van der Waals surface area contributed by atoms with E-state index in [0.29, 0.717) is 0 Å². The number of hydrogen-bond acceptors (Lipinski definition) is 17. The zero-order valence-electron chi connectivity index (χ0n) is 20.1. The third-order valence-electron chi connectivity index (χ3n) is 3.67. The van der Waals surface area contributed by atoms with E-state index in [9.17, 15) is 53.1 Å². The van der Waals surface area contributed by atoms with Crippen molar-refractivity contribution in [1.82, 2.24) is 10.2 Å². The molecule has 1 amide bonds. The monoisotopic (exact) mass is 625 g/mol. The molecule has 0 saturated carbocycles. The van der Waals surface area contributed by atoms with Gasteiger partial charge in [-0.05, 0) is 6.08 Å². The smallest absolute Gasteiger partial charge is 0.790 e. The zero-order chi connectivity index (χ0) is 25.2. The summed E-state index contributed by atoms with van der Waals surface area (Å²) in [7, 11) is -18.2. The number of amides is 1. The van der Waals surface area contributed by atoms with E-state index in [1.54, 1.807) is 0 Å². The number of phosphoric acid groups is 3. The van der Waals surface area contributed by atoms with Crippen LogP contribution in [0, 0.1) is 0 Å². The average molecular weight is 625 g/mol. The molecule has 0 aromatic rings. The van der Waals surface area contributed by atoms with Crippen molar-refractivity contribution in [2.24, 2.45) is 4.99 Å². The predicted octanol–water partition coefficient (Wildman–Crippen LogP) is -16.7. The molecule has 0 radical (unpaired) electrons. The van der Waals surface area contributed by atoms with Gasteiger partial charge in [-0.25, -0.2) is 14.1 Å². The molecular formula is C12H14N3Na4O15P3. The molecule has 1 saturated heterocycles. The quantitative estimate of drug-likeness (QED) is 0.128. The first kappa shape index (κ1) is 43.9. The van der Waals surface area contributed by atoms with Gasteiger partial charge in [0.25, 0.3) is 15.6 Å². The number of aliphatic hydroxyl groups is 2. The molecule has 0 spiro atoms. The molecule has 18 nitrogen and oxygen atoms in total. The van der Waals surface area contributed by atoms with Crippen LogP contribution in [0.5, 0.6) is 0 Å². The number of nitrogens with zero attached hydrogens (tertiary/aromatic N) is 2. The van der Waals surface area contributed by atoms with Crippen molar-refractivity contribution in [3.8, 4) is 0 Å².